The summed E-state index contributed by atoms with van der Waals surface area (Å²) in [5, 5.41) is 37.2. The predicted octanol–water partition coefficient (Wildman–Crippen LogP) is -0.525. The average molecular weight is 278 g/mol. The molecule has 1 saturated heterocycles. The van der Waals surface area contributed by atoms with Crippen molar-refractivity contribution in [2.24, 2.45) is 0 Å². The van der Waals surface area contributed by atoms with Crippen LogP contribution in [0.25, 0.3) is 0 Å². The van der Waals surface area contributed by atoms with Crippen molar-refractivity contribution in [3.8, 4) is 0 Å². The molecule has 0 aromatic carbocycles. The molecular formula is C12H22O7. The lowest BCUT2D eigenvalue weighted by Crippen LogP contribution is -2.42. The highest BCUT2D eigenvalue weighted by atomic mass is 16.7. The summed E-state index contributed by atoms with van der Waals surface area (Å²) in [6.07, 6.45) is -3.25. The summed E-state index contributed by atoms with van der Waals surface area (Å²) in [5.41, 5.74) is 0. The molecule has 0 radical (unpaired) electrons. The van der Waals surface area contributed by atoms with E-state index in [1.165, 1.54) is 0 Å². The second kappa shape index (κ2) is 7.76. The highest BCUT2D eigenvalue weighted by molar-refractivity contribution is 5.72. The Hall–Kier alpha value is -0.730. The number of aliphatic carboxylic acids is 1. The van der Waals surface area contributed by atoms with E-state index in [2.05, 4.69) is 6.92 Å². The van der Waals surface area contributed by atoms with E-state index in [4.69, 9.17) is 14.6 Å². The summed E-state index contributed by atoms with van der Waals surface area (Å²) in [5.74, 6) is -1.51. The summed E-state index contributed by atoms with van der Waals surface area (Å²) in [6, 6.07) is 0. The summed E-state index contributed by atoms with van der Waals surface area (Å²) >= 11 is 0. The molecule has 19 heavy (non-hydrogen) atoms. The van der Waals surface area contributed by atoms with Crippen LogP contribution in [0.4, 0.5) is 0 Å². The van der Waals surface area contributed by atoms with Crippen molar-refractivity contribution in [1.82, 2.24) is 0 Å². The van der Waals surface area contributed by atoms with Gasteiger partial charge in [0.25, 0.3) is 0 Å². The number of hydrogen-bond acceptors (Lipinski definition) is 6. The minimum Gasteiger partial charge on any atom is -0.479 e. The average Bonchev–Trinajstić information content (AvgIpc) is 2.65. The molecule has 1 heterocycles. The summed E-state index contributed by atoms with van der Waals surface area (Å²) < 4.78 is 10.3. The molecule has 5 atom stereocenters. The lowest BCUT2D eigenvalue weighted by Gasteiger charge is -2.17. The van der Waals surface area contributed by atoms with E-state index in [9.17, 15) is 20.1 Å². The molecule has 0 aliphatic carbocycles. The van der Waals surface area contributed by atoms with Crippen LogP contribution in [0.3, 0.4) is 0 Å². The molecule has 4 N–H and O–H groups in total. The van der Waals surface area contributed by atoms with Crippen molar-refractivity contribution < 1.29 is 34.7 Å². The van der Waals surface area contributed by atoms with Crippen LogP contribution >= 0.6 is 0 Å². The molecule has 0 amide bonds. The number of hydrogen-bond donors (Lipinski definition) is 4. The molecule has 0 aromatic rings. The van der Waals surface area contributed by atoms with Gasteiger partial charge in [0.15, 0.2) is 12.4 Å². The maximum atomic E-state index is 10.6. The van der Waals surface area contributed by atoms with Crippen molar-refractivity contribution >= 4 is 5.97 Å². The fraction of sp³-hybridized carbons (Fsp3) is 0.917. The molecule has 7 nitrogen and oxygen atoms in total. The van der Waals surface area contributed by atoms with Crippen molar-refractivity contribution in [3.05, 3.63) is 0 Å². The largest absolute Gasteiger partial charge is 0.479 e. The molecule has 1 fully saturated rings. The van der Waals surface area contributed by atoms with E-state index in [0.717, 1.165) is 25.7 Å². The van der Waals surface area contributed by atoms with Crippen LogP contribution in [0.5, 0.6) is 0 Å². The molecule has 1 rings (SSSR count). The van der Waals surface area contributed by atoms with Crippen LogP contribution < -0.4 is 0 Å². The first-order valence-electron chi connectivity index (χ1n) is 6.53. The van der Waals surface area contributed by atoms with E-state index in [1.54, 1.807) is 0 Å². The van der Waals surface area contributed by atoms with Crippen LogP contribution in [0, 0.1) is 0 Å². The van der Waals surface area contributed by atoms with Gasteiger partial charge >= 0.3 is 5.97 Å². The van der Waals surface area contributed by atoms with Gasteiger partial charge in [-0.3, -0.25) is 0 Å². The number of carboxylic acids is 1. The van der Waals surface area contributed by atoms with Crippen LogP contribution in [0.15, 0.2) is 0 Å². The SMILES string of the molecule is CCCCCCO[C@H]1O[C@@H]([C@H](O)C(=O)O)[C@H](O)[C@H]1O. The van der Waals surface area contributed by atoms with Gasteiger partial charge in [0.1, 0.15) is 18.3 Å². The first-order chi connectivity index (χ1) is 8.99. The minimum absolute atomic E-state index is 0.352. The molecule has 0 bridgehead atoms. The van der Waals surface area contributed by atoms with Crippen LogP contribution in [-0.4, -0.2) is 63.7 Å². The molecule has 7 heteroatoms. The Labute approximate surface area is 111 Å². The summed E-state index contributed by atoms with van der Waals surface area (Å²) in [7, 11) is 0. The number of carbonyl (C=O) groups is 1. The van der Waals surface area contributed by atoms with E-state index >= 15 is 0 Å². The lowest BCUT2D eigenvalue weighted by atomic mass is 10.1. The van der Waals surface area contributed by atoms with Gasteiger partial charge in [-0.1, -0.05) is 26.2 Å². The monoisotopic (exact) mass is 278 g/mol. The third-order valence-electron chi connectivity index (χ3n) is 3.10. The molecule has 0 aromatic heterocycles. The number of aliphatic hydroxyl groups excluding tert-OH is 3. The van der Waals surface area contributed by atoms with Crippen LogP contribution in [0.2, 0.25) is 0 Å². The summed E-state index contributed by atoms with van der Waals surface area (Å²) in [6.45, 7) is 2.43. The van der Waals surface area contributed by atoms with Gasteiger partial charge in [0.2, 0.25) is 0 Å². The van der Waals surface area contributed by atoms with E-state index in [-0.39, 0.29) is 0 Å². The van der Waals surface area contributed by atoms with E-state index in [0.29, 0.717) is 6.61 Å². The smallest absolute Gasteiger partial charge is 0.335 e. The van der Waals surface area contributed by atoms with Crippen molar-refractivity contribution in [1.29, 1.82) is 0 Å². The third-order valence-corrected chi connectivity index (χ3v) is 3.10. The molecule has 0 spiro atoms. The zero-order valence-corrected chi connectivity index (χ0v) is 10.9. The molecule has 112 valence electrons. The van der Waals surface area contributed by atoms with Crippen molar-refractivity contribution in [2.75, 3.05) is 6.61 Å². The van der Waals surface area contributed by atoms with Crippen molar-refractivity contribution in [3.63, 3.8) is 0 Å². The zero-order valence-electron chi connectivity index (χ0n) is 10.9. The topological polar surface area (TPSA) is 116 Å². The Balaban J connectivity index is 2.38. The first kappa shape index (κ1) is 16.3. The van der Waals surface area contributed by atoms with Crippen LogP contribution in [-0.2, 0) is 14.3 Å². The highest BCUT2D eigenvalue weighted by Gasteiger charge is 2.48. The van der Waals surface area contributed by atoms with E-state index < -0.39 is 36.7 Å². The van der Waals surface area contributed by atoms with Gasteiger partial charge in [-0.25, -0.2) is 4.79 Å². The van der Waals surface area contributed by atoms with Gasteiger partial charge in [-0.05, 0) is 6.42 Å². The Bertz CT molecular complexity index is 283. The van der Waals surface area contributed by atoms with E-state index in [1.807, 2.05) is 0 Å². The Morgan fingerprint density at radius 2 is 1.95 bits per heavy atom. The summed E-state index contributed by atoms with van der Waals surface area (Å²) in [4.78, 5) is 10.6. The quantitative estimate of drug-likeness (QED) is 0.441. The van der Waals surface area contributed by atoms with Gasteiger partial charge in [-0.2, -0.15) is 0 Å². The molecular weight excluding hydrogens is 256 g/mol. The second-order valence-corrected chi connectivity index (χ2v) is 4.66. The number of rotatable bonds is 8. The number of unbranched alkanes of at least 4 members (excludes halogenated alkanes) is 3. The highest BCUT2D eigenvalue weighted by Crippen LogP contribution is 2.25. The second-order valence-electron chi connectivity index (χ2n) is 4.66. The van der Waals surface area contributed by atoms with Gasteiger partial charge in [0.05, 0.1) is 0 Å². The number of ether oxygens (including phenoxy) is 2. The first-order valence-corrected chi connectivity index (χ1v) is 6.53. The molecule has 0 unspecified atom stereocenters. The van der Waals surface area contributed by atoms with Crippen molar-refractivity contribution in [2.45, 2.75) is 63.3 Å². The Kier molecular flexibility index (Phi) is 6.67. The minimum atomic E-state index is -1.89. The fourth-order valence-corrected chi connectivity index (χ4v) is 1.94. The standard InChI is InChI=1S/C12H22O7/c1-2-3-4-5-6-18-12-8(14)7(13)10(19-12)9(15)11(16)17/h7-10,12-15H,2-6H2,1H3,(H,16,17)/t7-,8-,9+,10-,12+/m1/s1. The third kappa shape index (κ3) is 4.39. The Morgan fingerprint density at radius 1 is 1.26 bits per heavy atom. The molecule has 1 aliphatic rings. The Morgan fingerprint density at radius 3 is 2.53 bits per heavy atom. The maximum Gasteiger partial charge on any atom is 0.335 e. The van der Waals surface area contributed by atoms with Crippen LogP contribution in [0.1, 0.15) is 32.6 Å². The number of carboxylic acid groups (broad SMARTS) is 1. The van der Waals surface area contributed by atoms with Gasteiger partial charge in [-0.15, -0.1) is 0 Å². The molecule has 0 saturated carbocycles. The van der Waals surface area contributed by atoms with Gasteiger partial charge < -0.3 is 29.9 Å². The zero-order chi connectivity index (χ0) is 14.4. The predicted molar refractivity (Wildman–Crippen MR) is 64.4 cm³/mol. The fourth-order valence-electron chi connectivity index (χ4n) is 1.94. The van der Waals surface area contributed by atoms with Gasteiger partial charge in [0, 0.05) is 6.61 Å². The molecule has 1 aliphatic heterocycles. The lowest BCUT2D eigenvalue weighted by molar-refractivity contribution is -0.186. The maximum absolute atomic E-state index is 10.6. The number of aliphatic hydroxyl groups is 3. The normalized spacial score (nSPS) is 32.4.